The van der Waals surface area contributed by atoms with Crippen LogP contribution in [0.15, 0.2) is 79.4 Å². The summed E-state index contributed by atoms with van der Waals surface area (Å²) in [7, 11) is 20.4. The Morgan fingerprint density at radius 1 is 0.933 bits per heavy atom. The van der Waals surface area contributed by atoms with Gasteiger partial charge in [-0.25, -0.2) is 0 Å². The van der Waals surface area contributed by atoms with Gasteiger partial charge in [0.2, 0.25) is 0 Å². The van der Waals surface area contributed by atoms with Crippen LogP contribution in [0.1, 0.15) is 27.5 Å². The van der Waals surface area contributed by atoms with Crippen molar-refractivity contribution in [3.63, 3.8) is 0 Å². The Morgan fingerprint density at radius 3 is 2.53 bits per heavy atom. The zero-order chi connectivity index (χ0) is 20.7. The summed E-state index contributed by atoms with van der Waals surface area (Å²) in [6.07, 6.45) is 3.17. The number of fused-ring (bicyclic) bond motifs is 6. The molecule has 3 aromatic carbocycles. The Hall–Kier alpha value is -0.217. The Bertz CT molecular complexity index is 1320. The number of halogens is 3. The van der Waals surface area contributed by atoms with Crippen molar-refractivity contribution in [2.24, 2.45) is 0 Å². The van der Waals surface area contributed by atoms with Crippen molar-refractivity contribution in [2.75, 3.05) is 0 Å². The molecule has 0 fully saturated rings. The van der Waals surface area contributed by atoms with Gasteiger partial charge in [0, 0.05) is 0 Å². The van der Waals surface area contributed by atoms with Crippen LogP contribution < -0.4 is 3.27 Å². The van der Waals surface area contributed by atoms with Crippen LogP contribution in [0.4, 0.5) is 0 Å². The van der Waals surface area contributed by atoms with Crippen LogP contribution >= 0.6 is 54.1 Å². The van der Waals surface area contributed by atoms with Gasteiger partial charge in [0.05, 0.1) is 0 Å². The molecule has 6 heteroatoms. The van der Waals surface area contributed by atoms with E-state index in [1.165, 1.54) is 39.0 Å². The van der Waals surface area contributed by atoms with E-state index in [4.69, 9.17) is 26.4 Å². The maximum atomic E-state index is 7.58. The summed E-state index contributed by atoms with van der Waals surface area (Å²) in [5.41, 5.74) is 8.82. The second-order valence-corrected chi connectivity index (χ2v) is 36.3. The van der Waals surface area contributed by atoms with Crippen LogP contribution in [0, 0.1) is 0 Å². The molecule has 3 aliphatic rings. The first kappa shape index (κ1) is 20.4. The minimum absolute atomic E-state index is 0.229. The Kier molecular flexibility index (Phi) is 4.68. The second kappa shape index (κ2) is 6.89. The van der Waals surface area contributed by atoms with E-state index in [0.29, 0.717) is 0 Å². The van der Waals surface area contributed by atoms with Crippen LogP contribution in [-0.4, -0.2) is 0 Å². The average Bonchev–Trinajstić information content (AvgIpc) is 3.36. The van der Waals surface area contributed by atoms with E-state index < -0.39 is 14.9 Å². The number of allylic oxidation sites excluding steroid dienone is 1. The van der Waals surface area contributed by atoms with Gasteiger partial charge < -0.3 is 0 Å². The Morgan fingerprint density at radius 2 is 1.67 bits per heavy atom. The molecule has 0 N–H and O–H groups in total. The summed E-state index contributed by atoms with van der Waals surface area (Å²) in [4.78, 5) is 0. The summed E-state index contributed by atoms with van der Waals surface area (Å²) in [6, 6.07) is 23.5. The van der Waals surface area contributed by atoms with Crippen molar-refractivity contribution < 1.29 is 14.9 Å². The van der Waals surface area contributed by atoms with Crippen molar-refractivity contribution >= 4 is 63.5 Å². The molecule has 1 atom stereocenters. The van der Waals surface area contributed by atoms with Crippen LogP contribution in [-0.2, 0) is 21.4 Å². The van der Waals surface area contributed by atoms with E-state index in [9.17, 15) is 0 Å². The number of thiol groups is 1. The second-order valence-electron chi connectivity index (χ2n) is 8.02. The molecule has 0 nitrogen and oxygen atoms in total. The van der Waals surface area contributed by atoms with E-state index in [0.717, 1.165) is 16.8 Å². The quantitative estimate of drug-likeness (QED) is 0.224. The first-order valence-electron chi connectivity index (χ1n) is 9.74. The van der Waals surface area contributed by atoms with Gasteiger partial charge >= 0.3 is 203 Å². The van der Waals surface area contributed by atoms with Gasteiger partial charge in [-0.2, -0.15) is 0 Å². The number of thioether (sulfide) groups is 1. The molecule has 1 unspecified atom stereocenters. The summed E-state index contributed by atoms with van der Waals surface area (Å²) in [5, 5.41) is 0.229. The van der Waals surface area contributed by atoms with Crippen LogP contribution in [0.3, 0.4) is 0 Å². The SMILES string of the molecule is [SH][Zr]([Cl])([Cl])([C]1=C(Br)SC2C1=Cc1ccccc12)[c]1cccc2c1-c1ccccc1C2. The molecule has 0 spiro atoms. The summed E-state index contributed by atoms with van der Waals surface area (Å²) in [5.74, 6) is 0. The molecule has 0 saturated heterocycles. The summed E-state index contributed by atoms with van der Waals surface area (Å²) < 4.78 is 3.09. The van der Waals surface area contributed by atoms with Crippen molar-refractivity contribution in [2.45, 2.75) is 11.7 Å². The third-order valence-electron chi connectivity index (χ3n) is 6.28. The summed E-state index contributed by atoms with van der Waals surface area (Å²) >= 11 is 0.715. The molecule has 149 valence electrons. The third-order valence-corrected chi connectivity index (χ3v) is 23.8. The summed E-state index contributed by atoms with van der Waals surface area (Å²) in [6.45, 7) is 0. The molecule has 0 saturated carbocycles. The average molecular weight is 611 g/mol. The van der Waals surface area contributed by atoms with E-state index in [1.807, 2.05) is 0 Å². The monoisotopic (exact) mass is 607 g/mol. The molecule has 0 bridgehead atoms. The molecule has 3 aromatic rings. The topological polar surface area (TPSA) is 0 Å². The van der Waals surface area contributed by atoms with Crippen molar-refractivity contribution in [3.05, 3.63) is 102 Å². The normalized spacial score (nSPS) is 20.2. The van der Waals surface area contributed by atoms with Crippen LogP contribution in [0.5, 0.6) is 0 Å². The predicted octanol–water partition coefficient (Wildman–Crippen LogP) is 8.17. The van der Waals surface area contributed by atoms with Crippen molar-refractivity contribution in [3.8, 4) is 11.1 Å². The number of benzene rings is 3. The first-order valence-corrected chi connectivity index (χ1v) is 23.9. The molecule has 2 aliphatic carbocycles. The van der Waals surface area contributed by atoms with E-state index >= 15 is 0 Å². The molecule has 0 amide bonds. The van der Waals surface area contributed by atoms with Crippen molar-refractivity contribution in [1.82, 2.24) is 0 Å². The Labute approximate surface area is 200 Å². The van der Waals surface area contributed by atoms with Gasteiger partial charge in [0.15, 0.2) is 0 Å². The molecular weight excluding hydrogens is 594 g/mol. The van der Waals surface area contributed by atoms with Crippen molar-refractivity contribution in [1.29, 1.82) is 0 Å². The maximum absolute atomic E-state index is 7.58. The van der Waals surface area contributed by atoms with Gasteiger partial charge in [0.1, 0.15) is 0 Å². The van der Waals surface area contributed by atoms with Gasteiger partial charge in [-0.15, -0.1) is 0 Å². The van der Waals surface area contributed by atoms with Gasteiger partial charge in [0.25, 0.3) is 0 Å². The standard InChI is InChI=1S/C13H9.C11H6BrS.2ClH.H2S.Zr/c1-3-7-12-10(5-1)9-11-6-2-4-8-13(11)12;12-10-6-8-5-7-3-1-2-4-9(7)11(8)13-10;;;;/h1-7H,9H2;1-5,11H;2*1H;1H2;/q;;;;;+3/p-3. The van der Waals surface area contributed by atoms with E-state index in [2.05, 4.69) is 88.7 Å². The van der Waals surface area contributed by atoms with Crippen LogP contribution in [0.25, 0.3) is 17.2 Å². The van der Waals surface area contributed by atoms with Gasteiger partial charge in [-0.05, 0) is 0 Å². The van der Waals surface area contributed by atoms with E-state index in [-0.39, 0.29) is 5.25 Å². The molecule has 30 heavy (non-hydrogen) atoms. The zero-order valence-electron chi connectivity index (χ0n) is 15.7. The zero-order valence-corrected chi connectivity index (χ0v) is 23.0. The predicted molar refractivity (Wildman–Crippen MR) is 136 cm³/mol. The molecule has 0 radical (unpaired) electrons. The fraction of sp³-hybridized carbons (Fsp3) is 0.0833. The molecule has 0 aromatic heterocycles. The minimum atomic E-state index is -4.90. The van der Waals surface area contributed by atoms with Crippen LogP contribution in [0.2, 0.25) is 0 Å². The number of rotatable bonds is 2. The number of hydrogen-bond acceptors (Lipinski definition) is 2. The third kappa shape index (κ3) is 2.84. The molecule has 1 aliphatic heterocycles. The molecule has 1 heterocycles. The fourth-order valence-electron chi connectivity index (χ4n) is 4.99. The molecular formula is C24H16BrCl2S2Zr. The fourth-order valence-corrected chi connectivity index (χ4v) is 27.2. The number of hydrogen-bond donors (Lipinski definition) is 1. The van der Waals surface area contributed by atoms with Gasteiger partial charge in [-0.3, -0.25) is 0 Å². The Balaban J connectivity index is 1.57. The van der Waals surface area contributed by atoms with E-state index in [1.54, 1.807) is 11.8 Å². The molecule has 6 rings (SSSR count). The van der Waals surface area contributed by atoms with Gasteiger partial charge in [-0.1, -0.05) is 0 Å². The first-order chi connectivity index (χ1) is 14.3.